The van der Waals surface area contributed by atoms with E-state index in [4.69, 9.17) is 5.73 Å². The van der Waals surface area contributed by atoms with Crippen LogP contribution in [-0.4, -0.2) is 34.3 Å². The second-order valence-electron chi connectivity index (χ2n) is 3.86. The Bertz CT molecular complexity index is 303. The molecule has 0 amide bonds. The molecule has 4 nitrogen and oxygen atoms in total. The van der Waals surface area contributed by atoms with Crippen molar-refractivity contribution in [3.63, 3.8) is 0 Å². The van der Waals surface area contributed by atoms with Crippen LogP contribution in [0.2, 0.25) is 0 Å². The maximum absolute atomic E-state index is 5.66. The molecule has 0 bridgehead atoms. The van der Waals surface area contributed by atoms with E-state index < -0.39 is 0 Å². The summed E-state index contributed by atoms with van der Waals surface area (Å²) in [7, 11) is 2.17. The Hall–Kier alpha value is -0.550. The minimum atomic E-state index is 0.575. The van der Waals surface area contributed by atoms with E-state index in [-0.39, 0.29) is 0 Å². The Morgan fingerprint density at radius 3 is 3.00 bits per heavy atom. The SMILES string of the molecule is CN1CCCC1Cn1cc(Br)c(N)n1. The molecular formula is C9H15BrN4. The van der Waals surface area contributed by atoms with Crippen LogP contribution in [-0.2, 0) is 6.54 Å². The average Bonchev–Trinajstić information content (AvgIpc) is 2.63. The van der Waals surface area contributed by atoms with Gasteiger partial charge in [-0.1, -0.05) is 0 Å². The summed E-state index contributed by atoms with van der Waals surface area (Å²) in [6.07, 6.45) is 4.49. The first kappa shape index (κ1) is 9.98. The molecule has 14 heavy (non-hydrogen) atoms. The van der Waals surface area contributed by atoms with Crippen molar-refractivity contribution >= 4 is 21.7 Å². The molecule has 1 atom stereocenters. The predicted octanol–water partition coefficient (Wildman–Crippen LogP) is 1.32. The first-order valence-electron chi connectivity index (χ1n) is 4.85. The Morgan fingerprint density at radius 1 is 1.71 bits per heavy atom. The fourth-order valence-corrected chi connectivity index (χ4v) is 2.25. The first-order valence-corrected chi connectivity index (χ1v) is 5.65. The van der Waals surface area contributed by atoms with Crippen molar-refractivity contribution < 1.29 is 0 Å². The van der Waals surface area contributed by atoms with E-state index in [1.807, 2.05) is 10.9 Å². The number of halogens is 1. The van der Waals surface area contributed by atoms with E-state index in [1.54, 1.807) is 0 Å². The van der Waals surface area contributed by atoms with E-state index in [1.165, 1.54) is 19.4 Å². The number of likely N-dealkylation sites (tertiary alicyclic amines) is 1. The van der Waals surface area contributed by atoms with Gasteiger partial charge in [-0.3, -0.25) is 4.68 Å². The normalized spacial score (nSPS) is 23.1. The highest BCUT2D eigenvalue weighted by atomic mass is 79.9. The summed E-state index contributed by atoms with van der Waals surface area (Å²) in [5.41, 5.74) is 5.66. The molecule has 0 aromatic carbocycles. The number of nitrogens with two attached hydrogens (primary N) is 1. The van der Waals surface area contributed by atoms with E-state index in [0.717, 1.165) is 11.0 Å². The third-order valence-corrected chi connectivity index (χ3v) is 3.42. The quantitative estimate of drug-likeness (QED) is 0.871. The fraction of sp³-hybridized carbons (Fsp3) is 0.667. The molecule has 1 saturated heterocycles. The fourth-order valence-electron chi connectivity index (χ4n) is 1.93. The van der Waals surface area contributed by atoms with Gasteiger partial charge < -0.3 is 10.6 Å². The van der Waals surface area contributed by atoms with Gasteiger partial charge in [0.2, 0.25) is 0 Å². The Balaban J connectivity index is 2.03. The number of nitrogens with zero attached hydrogens (tertiary/aromatic N) is 3. The number of nitrogen functional groups attached to an aromatic ring is 1. The van der Waals surface area contributed by atoms with Gasteiger partial charge in [0.25, 0.3) is 0 Å². The molecule has 2 N–H and O–H groups in total. The van der Waals surface area contributed by atoms with Crippen LogP contribution in [0, 0.1) is 0 Å². The van der Waals surface area contributed by atoms with Crippen molar-refractivity contribution in [3.05, 3.63) is 10.7 Å². The van der Waals surface area contributed by atoms with Crippen molar-refractivity contribution in [1.82, 2.24) is 14.7 Å². The lowest BCUT2D eigenvalue weighted by Gasteiger charge is -2.18. The first-order chi connectivity index (χ1) is 6.66. The molecule has 0 spiro atoms. The van der Waals surface area contributed by atoms with Crippen molar-refractivity contribution in [3.8, 4) is 0 Å². The highest BCUT2D eigenvalue weighted by Gasteiger charge is 2.21. The topological polar surface area (TPSA) is 47.1 Å². The summed E-state index contributed by atoms with van der Waals surface area (Å²) in [5.74, 6) is 0.575. The monoisotopic (exact) mass is 258 g/mol. The van der Waals surface area contributed by atoms with Crippen molar-refractivity contribution in [2.75, 3.05) is 19.3 Å². The second kappa shape index (κ2) is 3.90. The Labute approximate surface area is 92.2 Å². The van der Waals surface area contributed by atoms with Gasteiger partial charge in [-0.25, -0.2) is 0 Å². The van der Waals surface area contributed by atoms with Gasteiger partial charge in [0.15, 0.2) is 5.82 Å². The second-order valence-corrected chi connectivity index (χ2v) is 4.72. The zero-order valence-electron chi connectivity index (χ0n) is 8.28. The summed E-state index contributed by atoms with van der Waals surface area (Å²) < 4.78 is 2.81. The lowest BCUT2D eigenvalue weighted by Crippen LogP contribution is -2.29. The predicted molar refractivity (Wildman–Crippen MR) is 60.0 cm³/mol. The zero-order valence-corrected chi connectivity index (χ0v) is 9.87. The molecule has 1 fully saturated rings. The molecule has 1 aromatic heterocycles. The summed E-state index contributed by atoms with van der Waals surface area (Å²) in [4.78, 5) is 2.38. The van der Waals surface area contributed by atoms with Gasteiger partial charge in [-0.15, -0.1) is 0 Å². The molecule has 1 aliphatic heterocycles. The van der Waals surface area contributed by atoms with Crippen LogP contribution in [0.3, 0.4) is 0 Å². The minimum absolute atomic E-state index is 0.575. The van der Waals surface area contributed by atoms with Crippen LogP contribution in [0.4, 0.5) is 5.82 Å². The van der Waals surface area contributed by atoms with Gasteiger partial charge in [-0.05, 0) is 42.4 Å². The van der Waals surface area contributed by atoms with E-state index >= 15 is 0 Å². The summed E-state index contributed by atoms with van der Waals surface area (Å²) in [6.45, 7) is 2.13. The van der Waals surface area contributed by atoms with Crippen LogP contribution in [0.25, 0.3) is 0 Å². The van der Waals surface area contributed by atoms with E-state index in [9.17, 15) is 0 Å². The van der Waals surface area contributed by atoms with Crippen molar-refractivity contribution in [2.24, 2.45) is 0 Å². The van der Waals surface area contributed by atoms with Crippen LogP contribution >= 0.6 is 15.9 Å². The van der Waals surface area contributed by atoms with Crippen molar-refractivity contribution in [2.45, 2.75) is 25.4 Å². The summed E-state index contributed by atoms with van der Waals surface area (Å²) in [5, 5.41) is 4.23. The number of aromatic nitrogens is 2. The molecule has 1 aromatic rings. The molecule has 0 saturated carbocycles. The highest BCUT2D eigenvalue weighted by Crippen LogP contribution is 2.20. The molecule has 0 radical (unpaired) electrons. The molecule has 5 heteroatoms. The molecule has 78 valence electrons. The molecule has 1 aliphatic rings. The third kappa shape index (κ3) is 1.93. The Morgan fingerprint density at radius 2 is 2.50 bits per heavy atom. The summed E-state index contributed by atoms with van der Waals surface area (Å²) in [6, 6.07) is 0.612. The lowest BCUT2D eigenvalue weighted by molar-refractivity contribution is 0.274. The zero-order chi connectivity index (χ0) is 10.1. The van der Waals surface area contributed by atoms with Gasteiger partial charge >= 0.3 is 0 Å². The lowest BCUT2D eigenvalue weighted by atomic mass is 10.2. The maximum atomic E-state index is 5.66. The van der Waals surface area contributed by atoms with Gasteiger partial charge in [0, 0.05) is 12.2 Å². The van der Waals surface area contributed by atoms with E-state index in [2.05, 4.69) is 33.0 Å². The van der Waals surface area contributed by atoms with Crippen LogP contribution < -0.4 is 5.73 Å². The number of rotatable bonds is 2. The van der Waals surface area contributed by atoms with Crippen LogP contribution in [0.5, 0.6) is 0 Å². The minimum Gasteiger partial charge on any atom is -0.381 e. The molecule has 0 aliphatic carbocycles. The van der Waals surface area contributed by atoms with Crippen LogP contribution in [0.15, 0.2) is 10.7 Å². The average molecular weight is 259 g/mol. The van der Waals surface area contributed by atoms with E-state index in [0.29, 0.717) is 11.9 Å². The van der Waals surface area contributed by atoms with Gasteiger partial charge in [-0.2, -0.15) is 5.10 Å². The third-order valence-electron chi connectivity index (χ3n) is 2.81. The molecule has 2 heterocycles. The van der Waals surface area contributed by atoms with Crippen LogP contribution in [0.1, 0.15) is 12.8 Å². The Kier molecular flexibility index (Phi) is 2.78. The summed E-state index contributed by atoms with van der Waals surface area (Å²) >= 11 is 3.36. The molecule has 1 unspecified atom stereocenters. The number of likely N-dealkylation sites (N-methyl/N-ethyl adjacent to an activating group) is 1. The largest absolute Gasteiger partial charge is 0.381 e. The van der Waals surface area contributed by atoms with Crippen molar-refractivity contribution in [1.29, 1.82) is 0 Å². The number of hydrogen-bond donors (Lipinski definition) is 1. The maximum Gasteiger partial charge on any atom is 0.159 e. The number of hydrogen-bond acceptors (Lipinski definition) is 3. The van der Waals surface area contributed by atoms with Gasteiger partial charge in [0.1, 0.15) is 0 Å². The molecule has 2 rings (SSSR count). The molecular weight excluding hydrogens is 244 g/mol. The smallest absolute Gasteiger partial charge is 0.159 e. The number of anilines is 1. The highest BCUT2D eigenvalue weighted by molar-refractivity contribution is 9.10. The standard InChI is InChI=1S/C9H15BrN4/c1-13-4-2-3-7(13)5-14-6-8(10)9(11)12-14/h6-7H,2-5H2,1H3,(H2,11,12). The van der Waals surface area contributed by atoms with Gasteiger partial charge in [0.05, 0.1) is 11.0 Å².